The molecule has 0 atom stereocenters. The third kappa shape index (κ3) is 3.28. The summed E-state index contributed by atoms with van der Waals surface area (Å²) in [6.07, 6.45) is 0. The summed E-state index contributed by atoms with van der Waals surface area (Å²) in [5.41, 5.74) is 8.35. The van der Waals surface area contributed by atoms with E-state index in [0.717, 1.165) is 17.1 Å². The lowest BCUT2D eigenvalue weighted by molar-refractivity contribution is 0.0526. The van der Waals surface area contributed by atoms with E-state index in [1.807, 2.05) is 13.0 Å². The van der Waals surface area contributed by atoms with Gasteiger partial charge in [-0.15, -0.1) is 0 Å². The maximum atomic E-state index is 11.6. The molecule has 2 aromatic rings. The van der Waals surface area contributed by atoms with Gasteiger partial charge in [0.25, 0.3) is 0 Å². The monoisotopic (exact) mass is 275 g/mol. The van der Waals surface area contributed by atoms with E-state index in [1.54, 1.807) is 25.1 Å². The van der Waals surface area contributed by atoms with Crippen LogP contribution in [0.15, 0.2) is 28.8 Å². The zero-order valence-electron chi connectivity index (χ0n) is 11.5. The highest BCUT2D eigenvalue weighted by atomic mass is 16.5. The fourth-order valence-corrected chi connectivity index (χ4v) is 1.75. The largest absolute Gasteiger partial charge is 0.462 e. The number of aromatic nitrogens is 1. The first-order valence-corrected chi connectivity index (χ1v) is 6.33. The molecule has 3 N–H and O–H groups in total. The number of nitrogens with zero attached hydrogens (tertiary/aromatic N) is 1. The molecule has 6 heteroatoms. The summed E-state index contributed by atoms with van der Waals surface area (Å²) in [6.45, 7) is 4.43. The number of hydrogen-bond donors (Lipinski definition) is 2. The summed E-state index contributed by atoms with van der Waals surface area (Å²) in [7, 11) is 0. The normalized spacial score (nSPS) is 10.3. The Hall–Kier alpha value is -2.50. The number of carbonyl (C=O) groups is 1. The summed E-state index contributed by atoms with van der Waals surface area (Å²) in [5.74, 6) is 0.380. The summed E-state index contributed by atoms with van der Waals surface area (Å²) < 4.78 is 9.90. The van der Waals surface area contributed by atoms with Gasteiger partial charge in [-0.2, -0.15) is 0 Å². The first-order valence-electron chi connectivity index (χ1n) is 6.33. The Morgan fingerprint density at radius 1 is 1.45 bits per heavy atom. The second kappa shape index (κ2) is 6.10. The number of nitrogens with one attached hydrogen (secondary N) is 1. The lowest BCUT2D eigenvalue weighted by Crippen LogP contribution is -2.07. The molecule has 0 radical (unpaired) electrons. The Balaban J connectivity index is 2.04. The SMILES string of the molecule is CCOC(=O)c1ccc(NCc2cc(C)on2)c(N)c1. The van der Waals surface area contributed by atoms with Crippen molar-refractivity contribution < 1.29 is 14.1 Å². The highest BCUT2D eigenvalue weighted by Crippen LogP contribution is 2.21. The summed E-state index contributed by atoms with van der Waals surface area (Å²) >= 11 is 0. The van der Waals surface area contributed by atoms with Crippen LogP contribution in [-0.2, 0) is 11.3 Å². The van der Waals surface area contributed by atoms with Crippen molar-refractivity contribution in [1.29, 1.82) is 0 Å². The van der Waals surface area contributed by atoms with E-state index < -0.39 is 0 Å². The van der Waals surface area contributed by atoms with E-state index in [4.69, 9.17) is 15.0 Å². The molecule has 0 aliphatic carbocycles. The topological polar surface area (TPSA) is 90.4 Å². The first kappa shape index (κ1) is 13.9. The molecular formula is C14H17N3O3. The fourth-order valence-electron chi connectivity index (χ4n) is 1.75. The quantitative estimate of drug-likeness (QED) is 0.643. The number of nitrogen functional groups attached to an aromatic ring is 1. The third-order valence-electron chi connectivity index (χ3n) is 2.70. The van der Waals surface area contributed by atoms with E-state index in [1.165, 1.54) is 0 Å². The molecule has 0 aliphatic heterocycles. The number of nitrogens with two attached hydrogens (primary N) is 1. The van der Waals surface area contributed by atoms with Gasteiger partial charge in [-0.25, -0.2) is 4.79 Å². The number of aryl methyl sites for hydroxylation is 1. The number of hydrogen-bond acceptors (Lipinski definition) is 6. The van der Waals surface area contributed by atoms with Gasteiger partial charge < -0.3 is 20.3 Å². The van der Waals surface area contributed by atoms with Gasteiger partial charge in [0.05, 0.1) is 30.1 Å². The van der Waals surface area contributed by atoms with Crippen LogP contribution >= 0.6 is 0 Å². The van der Waals surface area contributed by atoms with Crippen molar-refractivity contribution in [1.82, 2.24) is 5.16 Å². The van der Waals surface area contributed by atoms with Gasteiger partial charge in [-0.3, -0.25) is 0 Å². The van der Waals surface area contributed by atoms with Gasteiger partial charge in [0.1, 0.15) is 11.5 Å². The minimum Gasteiger partial charge on any atom is -0.462 e. The van der Waals surface area contributed by atoms with Crippen molar-refractivity contribution in [3.63, 3.8) is 0 Å². The molecule has 0 fully saturated rings. The molecule has 0 saturated carbocycles. The van der Waals surface area contributed by atoms with E-state index >= 15 is 0 Å². The van der Waals surface area contributed by atoms with Crippen molar-refractivity contribution in [3.8, 4) is 0 Å². The molecule has 20 heavy (non-hydrogen) atoms. The Labute approximate surface area is 116 Å². The summed E-state index contributed by atoms with van der Waals surface area (Å²) in [5, 5.41) is 7.02. The molecule has 0 amide bonds. The van der Waals surface area contributed by atoms with Crippen molar-refractivity contribution in [2.45, 2.75) is 20.4 Å². The molecule has 106 valence electrons. The third-order valence-corrected chi connectivity index (χ3v) is 2.70. The van der Waals surface area contributed by atoms with Crippen LogP contribution in [0.5, 0.6) is 0 Å². The average Bonchev–Trinajstić information content (AvgIpc) is 2.83. The van der Waals surface area contributed by atoms with Crippen molar-refractivity contribution in [3.05, 3.63) is 41.3 Å². The van der Waals surface area contributed by atoms with Crippen LogP contribution in [0, 0.1) is 6.92 Å². The highest BCUT2D eigenvalue weighted by Gasteiger charge is 2.09. The summed E-state index contributed by atoms with van der Waals surface area (Å²) in [4.78, 5) is 11.6. The average molecular weight is 275 g/mol. The van der Waals surface area contributed by atoms with Gasteiger partial charge in [0.2, 0.25) is 0 Å². The molecule has 1 aromatic heterocycles. The van der Waals surface area contributed by atoms with Crippen molar-refractivity contribution in [2.75, 3.05) is 17.7 Å². The Morgan fingerprint density at radius 3 is 2.85 bits per heavy atom. The molecule has 0 aliphatic rings. The van der Waals surface area contributed by atoms with Gasteiger partial charge in [-0.05, 0) is 32.0 Å². The predicted molar refractivity (Wildman–Crippen MR) is 75.4 cm³/mol. The number of ether oxygens (including phenoxy) is 1. The Kier molecular flexibility index (Phi) is 4.24. The zero-order valence-corrected chi connectivity index (χ0v) is 11.5. The van der Waals surface area contributed by atoms with Gasteiger partial charge >= 0.3 is 5.97 Å². The van der Waals surface area contributed by atoms with Crippen LogP contribution in [0.2, 0.25) is 0 Å². The lowest BCUT2D eigenvalue weighted by Gasteiger charge is -2.09. The van der Waals surface area contributed by atoms with Crippen molar-refractivity contribution in [2.24, 2.45) is 0 Å². The molecule has 2 rings (SSSR count). The molecule has 0 unspecified atom stereocenters. The molecule has 0 bridgehead atoms. The molecule has 1 aromatic carbocycles. The second-order valence-electron chi connectivity index (χ2n) is 4.30. The Bertz CT molecular complexity index is 607. The van der Waals surface area contributed by atoms with Gasteiger partial charge in [0.15, 0.2) is 0 Å². The molecular weight excluding hydrogens is 258 g/mol. The van der Waals surface area contributed by atoms with Crippen LogP contribution in [0.1, 0.15) is 28.7 Å². The number of carbonyl (C=O) groups excluding carboxylic acids is 1. The number of benzene rings is 1. The van der Waals surface area contributed by atoms with Crippen LogP contribution in [0.4, 0.5) is 11.4 Å². The van der Waals surface area contributed by atoms with Crippen LogP contribution in [0.25, 0.3) is 0 Å². The maximum Gasteiger partial charge on any atom is 0.338 e. The van der Waals surface area contributed by atoms with Gasteiger partial charge in [0, 0.05) is 6.07 Å². The minimum atomic E-state index is -0.377. The highest BCUT2D eigenvalue weighted by molar-refractivity contribution is 5.91. The molecule has 1 heterocycles. The maximum absolute atomic E-state index is 11.6. The second-order valence-corrected chi connectivity index (χ2v) is 4.30. The lowest BCUT2D eigenvalue weighted by atomic mass is 10.1. The molecule has 6 nitrogen and oxygen atoms in total. The first-order chi connectivity index (χ1) is 9.60. The summed E-state index contributed by atoms with van der Waals surface area (Å²) in [6, 6.07) is 6.85. The van der Waals surface area contributed by atoms with E-state index in [2.05, 4.69) is 10.5 Å². The van der Waals surface area contributed by atoms with Crippen LogP contribution in [0.3, 0.4) is 0 Å². The molecule has 0 spiro atoms. The number of anilines is 2. The molecule has 0 saturated heterocycles. The fraction of sp³-hybridized carbons (Fsp3) is 0.286. The number of rotatable bonds is 5. The van der Waals surface area contributed by atoms with E-state index in [0.29, 0.717) is 24.4 Å². The standard InChI is InChI=1S/C14H17N3O3/c1-3-19-14(18)10-4-5-13(12(15)7-10)16-8-11-6-9(2)20-17-11/h4-7,16H,3,8,15H2,1-2H3. The van der Waals surface area contributed by atoms with Crippen LogP contribution < -0.4 is 11.1 Å². The predicted octanol–water partition coefficient (Wildman–Crippen LogP) is 2.35. The van der Waals surface area contributed by atoms with E-state index in [-0.39, 0.29) is 5.97 Å². The Morgan fingerprint density at radius 2 is 2.25 bits per heavy atom. The van der Waals surface area contributed by atoms with E-state index in [9.17, 15) is 4.79 Å². The minimum absolute atomic E-state index is 0.338. The van der Waals surface area contributed by atoms with Gasteiger partial charge in [-0.1, -0.05) is 5.16 Å². The number of esters is 1. The smallest absolute Gasteiger partial charge is 0.338 e. The zero-order chi connectivity index (χ0) is 14.5. The van der Waals surface area contributed by atoms with Crippen molar-refractivity contribution >= 4 is 17.3 Å². The van der Waals surface area contributed by atoms with Crippen LogP contribution in [-0.4, -0.2) is 17.7 Å².